The summed E-state index contributed by atoms with van der Waals surface area (Å²) in [6.45, 7) is 3.94. The van der Waals surface area contributed by atoms with Crippen LogP contribution in [0.4, 0.5) is 13.2 Å². The summed E-state index contributed by atoms with van der Waals surface area (Å²) in [5.74, 6) is -3.91. The van der Waals surface area contributed by atoms with E-state index in [1.165, 1.54) is 4.90 Å². The lowest BCUT2D eigenvalue weighted by Crippen LogP contribution is -2.41. The van der Waals surface area contributed by atoms with E-state index in [1.54, 1.807) is 32.5 Å². The zero-order chi connectivity index (χ0) is 23.7. The van der Waals surface area contributed by atoms with Gasteiger partial charge in [0.05, 0.1) is 37.4 Å². The molecule has 33 heavy (non-hydrogen) atoms. The van der Waals surface area contributed by atoms with Crippen LogP contribution in [0.1, 0.15) is 29.8 Å². The van der Waals surface area contributed by atoms with Crippen LogP contribution in [-0.4, -0.2) is 40.6 Å². The fourth-order valence-corrected chi connectivity index (χ4v) is 3.73. The van der Waals surface area contributed by atoms with E-state index in [-0.39, 0.29) is 24.5 Å². The smallest absolute Gasteiger partial charge is 0.289 e. The molecule has 1 amide bonds. The molecule has 1 fully saturated rings. The molecule has 3 aromatic rings. The Morgan fingerprint density at radius 3 is 2.55 bits per heavy atom. The highest BCUT2D eigenvalue weighted by Gasteiger charge is 2.30. The summed E-state index contributed by atoms with van der Waals surface area (Å²) >= 11 is 0. The minimum atomic E-state index is -1.54. The van der Waals surface area contributed by atoms with Gasteiger partial charge in [0.1, 0.15) is 12.4 Å². The van der Waals surface area contributed by atoms with E-state index in [4.69, 9.17) is 9.47 Å². The summed E-state index contributed by atoms with van der Waals surface area (Å²) in [4.78, 5) is 18.7. The summed E-state index contributed by atoms with van der Waals surface area (Å²) in [5, 5.41) is 0. The Hall–Kier alpha value is -3.75. The van der Waals surface area contributed by atoms with Crippen molar-refractivity contribution in [1.29, 1.82) is 0 Å². The van der Waals surface area contributed by atoms with Gasteiger partial charge >= 0.3 is 0 Å². The molecule has 172 valence electrons. The number of hydrogen-bond acceptors (Lipinski definition) is 4. The van der Waals surface area contributed by atoms with Crippen molar-refractivity contribution in [2.24, 2.45) is 0 Å². The number of morpholine rings is 1. The summed E-state index contributed by atoms with van der Waals surface area (Å²) in [5.41, 5.74) is 2.47. The second kappa shape index (κ2) is 9.01. The first kappa shape index (κ1) is 22.4. The topological polar surface area (TPSA) is 56.6 Å². The molecule has 1 aliphatic rings. The molecule has 1 aliphatic heterocycles. The lowest BCUT2D eigenvalue weighted by molar-refractivity contribution is -0.137. The van der Waals surface area contributed by atoms with E-state index in [0.29, 0.717) is 11.3 Å². The summed E-state index contributed by atoms with van der Waals surface area (Å²) < 4.78 is 53.6. The Balaban J connectivity index is 1.60. The van der Waals surface area contributed by atoms with Crippen LogP contribution in [0.3, 0.4) is 0 Å². The van der Waals surface area contributed by atoms with Crippen LogP contribution >= 0.6 is 0 Å². The molecule has 0 saturated carbocycles. The molecule has 1 atom stereocenters. The van der Waals surface area contributed by atoms with Gasteiger partial charge in [-0.1, -0.05) is 6.07 Å². The molecule has 1 aromatic heterocycles. The zero-order valence-electron chi connectivity index (χ0n) is 18.3. The van der Waals surface area contributed by atoms with Gasteiger partial charge in [-0.3, -0.25) is 4.79 Å². The fourth-order valence-electron chi connectivity index (χ4n) is 3.73. The maximum absolute atomic E-state index is 13.7. The number of aromatic nitrogens is 2. The van der Waals surface area contributed by atoms with Crippen LogP contribution in [-0.2, 0) is 9.53 Å². The third-order valence-electron chi connectivity index (χ3n) is 5.51. The van der Waals surface area contributed by atoms with Crippen LogP contribution in [0.25, 0.3) is 11.8 Å². The highest BCUT2D eigenvalue weighted by Crippen LogP contribution is 2.29. The van der Waals surface area contributed by atoms with Crippen molar-refractivity contribution in [2.75, 3.05) is 20.3 Å². The highest BCUT2D eigenvalue weighted by molar-refractivity contribution is 5.96. The number of ether oxygens (including phenoxy) is 2. The van der Waals surface area contributed by atoms with Crippen molar-refractivity contribution in [3.63, 3.8) is 0 Å². The minimum Gasteiger partial charge on any atom is -0.495 e. The third kappa shape index (κ3) is 4.44. The number of carbonyl (C=O) groups excluding carboxylic acids is 1. The number of methoxy groups -OCH3 is 1. The summed E-state index contributed by atoms with van der Waals surface area (Å²) in [6, 6.07) is 6.53. The SMILES string of the molecule is COc1cc(C=C2OCCN([C@H](C)c3cc(F)c(F)c(F)c3)C2=O)ccc1-n1cnc(C)c1. The van der Waals surface area contributed by atoms with Crippen LogP contribution in [0.5, 0.6) is 5.75 Å². The van der Waals surface area contributed by atoms with Gasteiger partial charge in [-0.15, -0.1) is 0 Å². The van der Waals surface area contributed by atoms with Crippen LogP contribution in [0, 0.1) is 24.4 Å². The first-order valence-electron chi connectivity index (χ1n) is 10.3. The van der Waals surface area contributed by atoms with E-state index < -0.39 is 29.4 Å². The van der Waals surface area contributed by atoms with Crippen molar-refractivity contribution in [3.8, 4) is 11.4 Å². The molecule has 0 spiro atoms. The van der Waals surface area contributed by atoms with Crippen LogP contribution < -0.4 is 4.74 Å². The molecule has 1 saturated heterocycles. The number of amides is 1. The van der Waals surface area contributed by atoms with Gasteiger partial charge in [0, 0.05) is 6.20 Å². The molecule has 4 rings (SSSR count). The van der Waals surface area contributed by atoms with Gasteiger partial charge in [-0.05, 0) is 55.3 Å². The average molecular weight is 457 g/mol. The number of benzene rings is 2. The van der Waals surface area contributed by atoms with E-state index in [9.17, 15) is 18.0 Å². The Labute approximate surface area is 188 Å². The normalized spacial score (nSPS) is 16.1. The third-order valence-corrected chi connectivity index (χ3v) is 5.51. The van der Waals surface area contributed by atoms with Gasteiger partial charge in [-0.25, -0.2) is 18.2 Å². The number of carbonyl (C=O) groups is 1. The van der Waals surface area contributed by atoms with E-state index in [0.717, 1.165) is 23.5 Å². The molecule has 0 unspecified atom stereocenters. The molecule has 0 radical (unpaired) electrons. The minimum absolute atomic E-state index is 0.0874. The number of rotatable bonds is 5. The van der Waals surface area contributed by atoms with Gasteiger partial charge in [0.25, 0.3) is 5.91 Å². The molecule has 6 nitrogen and oxygen atoms in total. The number of nitrogens with zero attached hydrogens (tertiary/aromatic N) is 3. The summed E-state index contributed by atoms with van der Waals surface area (Å²) in [7, 11) is 1.55. The lowest BCUT2D eigenvalue weighted by Gasteiger charge is -2.34. The van der Waals surface area contributed by atoms with Gasteiger partial charge in [0.15, 0.2) is 23.2 Å². The standard InChI is InChI=1S/C24H22F3N3O3/c1-14-12-29(13-28-14)20-5-4-16(8-21(20)32-3)9-22-24(31)30(6-7-33-22)15(2)17-10-18(25)23(27)19(26)11-17/h4-5,8-13,15H,6-7H2,1-3H3/t15-/m1/s1. The number of hydrogen-bond donors (Lipinski definition) is 0. The molecular weight excluding hydrogens is 435 g/mol. The molecular formula is C24H22F3N3O3. The predicted molar refractivity (Wildman–Crippen MR) is 115 cm³/mol. The van der Waals surface area contributed by atoms with Crippen molar-refractivity contribution in [2.45, 2.75) is 19.9 Å². The van der Waals surface area contributed by atoms with Gasteiger partial charge in [0.2, 0.25) is 0 Å². The first-order valence-corrected chi connectivity index (χ1v) is 10.3. The predicted octanol–water partition coefficient (Wildman–Crippen LogP) is 4.57. The first-order chi connectivity index (χ1) is 15.8. The average Bonchev–Trinajstić information content (AvgIpc) is 3.24. The van der Waals surface area contributed by atoms with E-state index in [2.05, 4.69) is 4.98 Å². The number of imidazole rings is 1. The van der Waals surface area contributed by atoms with Crippen molar-refractivity contribution >= 4 is 12.0 Å². The highest BCUT2D eigenvalue weighted by atomic mass is 19.2. The molecule has 0 N–H and O–H groups in total. The molecule has 0 bridgehead atoms. The lowest BCUT2D eigenvalue weighted by atomic mass is 10.0. The fraction of sp³-hybridized carbons (Fsp3) is 0.250. The number of halogens is 3. The Morgan fingerprint density at radius 1 is 1.18 bits per heavy atom. The zero-order valence-corrected chi connectivity index (χ0v) is 18.3. The second-order valence-corrected chi connectivity index (χ2v) is 7.68. The van der Waals surface area contributed by atoms with Crippen molar-refractivity contribution in [3.05, 3.63) is 82.9 Å². The van der Waals surface area contributed by atoms with Crippen LogP contribution in [0.15, 0.2) is 48.6 Å². The second-order valence-electron chi connectivity index (χ2n) is 7.68. The summed E-state index contributed by atoms with van der Waals surface area (Å²) in [6.07, 6.45) is 5.13. The monoisotopic (exact) mass is 457 g/mol. The Kier molecular flexibility index (Phi) is 6.13. The van der Waals surface area contributed by atoms with Crippen LogP contribution in [0.2, 0.25) is 0 Å². The van der Waals surface area contributed by atoms with Crippen molar-refractivity contribution < 1.29 is 27.4 Å². The molecule has 2 aromatic carbocycles. The maximum atomic E-state index is 13.7. The maximum Gasteiger partial charge on any atom is 0.289 e. The largest absolute Gasteiger partial charge is 0.495 e. The molecule has 9 heteroatoms. The molecule has 0 aliphatic carbocycles. The van der Waals surface area contributed by atoms with Gasteiger partial charge in [-0.2, -0.15) is 0 Å². The molecule has 2 heterocycles. The Bertz CT molecular complexity index is 1220. The van der Waals surface area contributed by atoms with E-state index in [1.807, 2.05) is 29.8 Å². The quantitative estimate of drug-likeness (QED) is 0.416. The van der Waals surface area contributed by atoms with Crippen molar-refractivity contribution in [1.82, 2.24) is 14.5 Å². The van der Waals surface area contributed by atoms with Gasteiger partial charge < -0.3 is 18.9 Å². The number of aryl methyl sites for hydroxylation is 1. The van der Waals surface area contributed by atoms with E-state index >= 15 is 0 Å². The Morgan fingerprint density at radius 2 is 1.91 bits per heavy atom.